The van der Waals surface area contributed by atoms with Crippen LogP contribution in [-0.2, 0) is 10.0 Å². The highest BCUT2D eigenvalue weighted by Gasteiger charge is 2.16. The van der Waals surface area contributed by atoms with Crippen LogP contribution in [0.3, 0.4) is 0 Å². The smallest absolute Gasteiger partial charge is 0.240 e. The zero-order valence-electron chi connectivity index (χ0n) is 9.85. The third-order valence-corrected chi connectivity index (χ3v) is 4.65. The molecule has 0 fully saturated rings. The van der Waals surface area contributed by atoms with Crippen molar-refractivity contribution in [3.63, 3.8) is 0 Å². The van der Waals surface area contributed by atoms with Crippen LogP contribution in [0.1, 0.15) is 13.8 Å². The summed E-state index contributed by atoms with van der Waals surface area (Å²) in [5.41, 5.74) is 5.80. The molecular weight excluding hydrogens is 351 g/mol. The van der Waals surface area contributed by atoms with E-state index in [4.69, 9.17) is 5.73 Å². The lowest BCUT2D eigenvalue weighted by atomic mass is 10.1. The Balaban J connectivity index is 2.72. The molecule has 0 aliphatic carbocycles. The molecule has 96 valence electrons. The molecular formula is C11H17IN2O2S. The second kappa shape index (κ2) is 6.12. The Morgan fingerprint density at radius 2 is 1.82 bits per heavy atom. The molecule has 1 rings (SSSR count). The Labute approximate surface area is 116 Å². The normalized spacial score (nSPS) is 13.9. The number of rotatable bonds is 5. The third-order valence-electron chi connectivity index (χ3n) is 2.49. The van der Waals surface area contributed by atoms with Gasteiger partial charge < -0.3 is 5.73 Å². The Kier molecular flexibility index (Phi) is 5.36. The Hall–Kier alpha value is -0.180. The van der Waals surface area contributed by atoms with E-state index in [1.807, 2.05) is 13.8 Å². The van der Waals surface area contributed by atoms with Crippen LogP contribution in [0, 0.1) is 9.49 Å². The largest absolute Gasteiger partial charge is 0.326 e. The molecule has 4 nitrogen and oxygen atoms in total. The first-order valence-corrected chi connectivity index (χ1v) is 7.90. The van der Waals surface area contributed by atoms with Crippen molar-refractivity contribution < 1.29 is 8.42 Å². The summed E-state index contributed by atoms with van der Waals surface area (Å²) in [7, 11) is -3.44. The molecule has 0 aliphatic rings. The SMILES string of the molecule is CC(C)C(N)CNS(=O)(=O)c1ccc(I)cc1. The summed E-state index contributed by atoms with van der Waals surface area (Å²) < 4.78 is 27.3. The Morgan fingerprint density at radius 3 is 2.29 bits per heavy atom. The average Bonchev–Trinajstić information content (AvgIpc) is 2.26. The molecule has 0 spiro atoms. The van der Waals surface area contributed by atoms with E-state index in [0.717, 1.165) is 3.57 Å². The van der Waals surface area contributed by atoms with Crippen molar-refractivity contribution >= 4 is 32.6 Å². The zero-order chi connectivity index (χ0) is 13.1. The van der Waals surface area contributed by atoms with Gasteiger partial charge in [-0.15, -0.1) is 0 Å². The van der Waals surface area contributed by atoms with Crippen molar-refractivity contribution in [2.45, 2.75) is 24.8 Å². The monoisotopic (exact) mass is 368 g/mol. The minimum Gasteiger partial charge on any atom is -0.326 e. The number of benzene rings is 1. The number of hydrogen-bond donors (Lipinski definition) is 2. The van der Waals surface area contributed by atoms with Gasteiger partial charge in [-0.05, 0) is 52.8 Å². The fourth-order valence-electron chi connectivity index (χ4n) is 1.14. The van der Waals surface area contributed by atoms with Crippen LogP contribution in [-0.4, -0.2) is 21.0 Å². The second-order valence-electron chi connectivity index (χ2n) is 4.21. The van der Waals surface area contributed by atoms with E-state index in [1.54, 1.807) is 24.3 Å². The summed E-state index contributed by atoms with van der Waals surface area (Å²) in [5.74, 6) is 0.245. The number of hydrogen-bond acceptors (Lipinski definition) is 3. The van der Waals surface area contributed by atoms with E-state index in [-0.39, 0.29) is 23.4 Å². The molecule has 6 heteroatoms. The Morgan fingerprint density at radius 1 is 1.29 bits per heavy atom. The van der Waals surface area contributed by atoms with Gasteiger partial charge in [-0.3, -0.25) is 0 Å². The lowest BCUT2D eigenvalue weighted by Gasteiger charge is -2.16. The first kappa shape index (κ1) is 14.9. The maximum atomic E-state index is 11.9. The van der Waals surface area contributed by atoms with Crippen molar-refractivity contribution in [2.75, 3.05) is 6.54 Å². The molecule has 1 atom stereocenters. The summed E-state index contributed by atoms with van der Waals surface area (Å²) in [4.78, 5) is 0.272. The molecule has 1 unspecified atom stereocenters. The first-order chi connectivity index (χ1) is 7.83. The molecule has 0 saturated heterocycles. The molecule has 1 aromatic rings. The molecule has 0 aliphatic heterocycles. The second-order valence-corrected chi connectivity index (χ2v) is 7.23. The van der Waals surface area contributed by atoms with E-state index < -0.39 is 10.0 Å². The lowest BCUT2D eigenvalue weighted by molar-refractivity contribution is 0.481. The summed E-state index contributed by atoms with van der Waals surface area (Å²) in [6, 6.07) is 6.53. The average molecular weight is 368 g/mol. The van der Waals surface area contributed by atoms with Gasteiger partial charge in [-0.25, -0.2) is 13.1 Å². The first-order valence-electron chi connectivity index (χ1n) is 5.34. The van der Waals surface area contributed by atoms with Crippen molar-refractivity contribution in [1.82, 2.24) is 4.72 Å². The van der Waals surface area contributed by atoms with Crippen LogP contribution in [0.15, 0.2) is 29.2 Å². The van der Waals surface area contributed by atoms with Gasteiger partial charge in [0.1, 0.15) is 0 Å². The predicted octanol–water partition coefficient (Wildman–Crippen LogP) is 1.55. The van der Waals surface area contributed by atoms with E-state index in [1.165, 1.54) is 0 Å². The molecule has 0 heterocycles. The topological polar surface area (TPSA) is 72.2 Å². The predicted molar refractivity (Wildman–Crippen MR) is 77.2 cm³/mol. The maximum Gasteiger partial charge on any atom is 0.240 e. The standard InChI is InChI=1S/C11H17IN2O2S/c1-8(2)11(13)7-14-17(15,16)10-5-3-9(12)4-6-10/h3-6,8,11,14H,7,13H2,1-2H3. The van der Waals surface area contributed by atoms with Crippen LogP contribution in [0.5, 0.6) is 0 Å². The van der Waals surface area contributed by atoms with Crippen LogP contribution in [0.2, 0.25) is 0 Å². The third kappa shape index (κ3) is 4.53. The molecule has 0 bridgehead atoms. The fourth-order valence-corrected chi connectivity index (χ4v) is 2.57. The highest BCUT2D eigenvalue weighted by atomic mass is 127. The van der Waals surface area contributed by atoms with Gasteiger partial charge in [0.15, 0.2) is 0 Å². The van der Waals surface area contributed by atoms with Crippen LogP contribution >= 0.6 is 22.6 Å². The van der Waals surface area contributed by atoms with Crippen molar-refractivity contribution in [3.8, 4) is 0 Å². The molecule has 0 radical (unpaired) electrons. The maximum absolute atomic E-state index is 11.9. The molecule has 3 N–H and O–H groups in total. The molecule has 1 aromatic carbocycles. The van der Waals surface area contributed by atoms with Gasteiger partial charge in [0.05, 0.1) is 4.90 Å². The van der Waals surface area contributed by atoms with Gasteiger partial charge in [0.2, 0.25) is 10.0 Å². The number of nitrogens with one attached hydrogen (secondary N) is 1. The summed E-state index contributed by atoms with van der Waals surface area (Å²) in [6.07, 6.45) is 0. The van der Waals surface area contributed by atoms with E-state index >= 15 is 0 Å². The van der Waals surface area contributed by atoms with Crippen LogP contribution in [0.25, 0.3) is 0 Å². The van der Waals surface area contributed by atoms with Gasteiger partial charge in [0.25, 0.3) is 0 Å². The molecule has 0 saturated carbocycles. The number of sulfonamides is 1. The molecule has 17 heavy (non-hydrogen) atoms. The highest BCUT2D eigenvalue weighted by Crippen LogP contribution is 2.12. The highest BCUT2D eigenvalue weighted by molar-refractivity contribution is 14.1. The van der Waals surface area contributed by atoms with E-state index in [0.29, 0.717) is 0 Å². The summed E-state index contributed by atoms with van der Waals surface area (Å²) in [5, 5.41) is 0. The van der Waals surface area contributed by atoms with Crippen molar-refractivity contribution in [2.24, 2.45) is 11.7 Å². The molecule has 0 amide bonds. The van der Waals surface area contributed by atoms with Gasteiger partial charge in [0, 0.05) is 16.2 Å². The quantitative estimate of drug-likeness (QED) is 0.775. The van der Waals surface area contributed by atoms with Crippen molar-refractivity contribution in [3.05, 3.63) is 27.8 Å². The summed E-state index contributed by atoms with van der Waals surface area (Å²) in [6.45, 7) is 4.18. The van der Waals surface area contributed by atoms with Gasteiger partial charge in [-0.2, -0.15) is 0 Å². The zero-order valence-corrected chi connectivity index (χ0v) is 12.8. The van der Waals surface area contributed by atoms with Gasteiger partial charge >= 0.3 is 0 Å². The van der Waals surface area contributed by atoms with Crippen LogP contribution in [0.4, 0.5) is 0 Å². The minimum atomic E-state index is -3.44. The van der Waals surface area contributed by atoms with Gasteiger partial charge in [-0.1, -0.05) is 13.8 Å². The van der Waals surface area contributed by atoms with Crippen molar-refractivity contribution in [1.29, 1.82) is 0 Å². The summed E-state index contributed by atoms with van der Waals surface area (Å²) >= 11 is 2.13. The lowest BCUT2D eigenvalue weighted by Crippen LogP contribution is -2.40. The number of nitrogens with two attached hydrogens (primary N) is 1. The fraction of sp³-hybridized carbons (Fsp3) is 0.455. The van der Waals surface area contributed by atoms with Crippen LogP contribution < -0.4 is 10.5 Å². The van der Waals surface area contributed by atoms with E-state index in [2.05, 4.69) is 27.3 Å². The molecule has 0 aromatic heterocycles. The Bertz CT molecular complexity index is 457. The minimum absolute atomic E-state index is 0.173. The van der Waals surface area contributed by atoms with E-state index in [9.17, 15) is 8.42 Å². The number of halogens is 1.